The van der Waals surface area contributed by atoms with Crippen LogP contribution in [-0.2, 0) is 6.54 Å². The van der Waals surface area contributed by atoms with Gasteiger partial charge in [0.15, 0.2) is 11.6 Å². The van der Waals surface area contributed by atoms with E-state index in [1.807, 2.05) is 20.0 Å². The Labute approximate surface area is 122 Å². The molecular weight excluding hydrogens is 273 g/mol. The monoisotopic (exact) mass is 291 g/mol. The van der Waals surface area contributed by atoms with Crippen molar-refractivity contribution in [2.45, 2.75) is 20.4 Å². The van der Waals surface area contributed by atoms with E-state index < -0.39 is 11.7 Å². The fourth-order valence-corrected chi connectivity index (χ4v) is 1.88. The number of hydrogen-bond acceptors (Lipinski definition) is 4. The first-order valence-corrected chi connectivity index (χ1v) is 6.77. The Morgan fingerprint density at radius 3 is 2.95 bits per heavy atom. The van der Waals surface area contributed by atoms with Gasteiger partial charge in [0.2, 0.25) is 0 Å². The minimum absolute atomic E-state index is 0.0161. The van der Waals surface area contributed by atoms with Crippen molar-refractivity contribution < 1.29 is 9.18 Å². The molecule has 1 amide bonds. The molecule has 0 aliphatic rings. The van der Waals surface area contributed by atoms with Crippen molar-refractivity contribution >= 4 is 11.7 Å². The van der Waals surface area contributed by atoms with Crippen molar-refractivity contribution in [2.75, 3.05) is 18.4 Å². The molecule has 2 rings (SSSR count). The molecule has 0 spiro atoms. The molecule has 0 aliphatic heterocycles. The molecule has 0 saturated heterocycles. The topological polar surface area (TPSA) is 71.8 Å². The maximum Gasteiger partial charge on any atom is 0.254 e. The Kier molecular flexibility index (Phi) is 4.86. The number of hydrogen-bond donors (Lipinski definition) is 2. The lowest BCUT2D eigenvalue weighted by atomic mass is 10.2. The zero-order valence-corrected chi connectivity index (χ0v) is 12.1. The van der Waals surface area contributed by atoms with E-state index >= 15 is 0 Å². The van der Waals surface area contributed by atoms with Crippen LogP contribution >= 0.6 is 0 Å². The molecule has 0 unspecified atom stereocenters. The third kappa shape index (κ3) is 3.77. The highest BCUT2D eigenvalue weighted by Crippen LogP contribution is 2.14. The lowest BCUT2D eigenvalue weighted by Crippen LogP contribution is -2.28. The average Bonchev–Trinajstić information content (AvgIpc) is 2.87. The van der Waals surface area contributed by atoms with Crippen LogP contribution in [0.15, 0.2) is 24.7 Å². The first-order chi connectivity index (χ1) is 10.1. The van der Waals surface area contributed by atoms with Crippen LogP contribution in [0, 0.1) is 12.7 Å². The highest BCUT2D eigenvalue weighted by atomic mass is 19.1. The summed E-state index contributed by atoms with van der Waals surface area (Å²) < 4.78 is 15.8. The maximum absolute atomic E-state index is 14.1. The Bertz CT molecular complexity index is 626. The van der Waals surface area contributed by atoms with Crippen LogP contribution in [0.25, 0.3) is 0 Å². The van der Waals surface area contributed by atoms with E-state index in [2.05, 4.69) is 20.7 Å². The van der Waals surface area contributed by atoms with Crippen molar-refractivity contribution in [2.24, 2.45) is 0 Å². The summed E-state index contributed by atoms with van der Waals surface area (Å²) in [6.07, 6.45) is 5.03. The predicted molar refractivity (Wildman–Crippen MR) is 77.7 cm³/mol. The third-order valence-electron chi connectivity index (χ3n) is 2.87. The first-order valence-electron chi connectivity index (χ1n) is 6.77. The summed E-state index contributed by atoms with van der Waals surface area (Å²) in [6.45, 7) is 5.22. The molecule has 2 aromatic rings. The number of anilines is 1. The summed E-state index contributed by atoms with van der Waals surface area (Å²) in [5.41, 5.74) is 1.04. The molecule has 0 fully saturated rings. The second kappa shape index (κ2) is 6.83. The molecule has 0 radical (unpaired) electrons. The Balaban J connectivity index is 1.95. The molecule has 0 bridgehead atoms. The van der Waals surface area contributed by atoms with E-state index in [1.165, 1.54) is 12.3 Å². The Hall–Kier alpha value is -2.44. The summed E-state index contributed by atoms with van der Waals surface area (Å²) in [5, 5.41) is 9.56. The van der Waals surface area contributed by atoms with E-state index in [1.54, 1.807) is 10.9 Å². The largest absolute Gasteiger partial charge is 0.368 e. The number of carbonyl (C=O) groups is 1. The second-order valence-electron chi connectivity index (χ2n) is 4.59. The zero-order chi connectivity index (χ0) is 15.2. The standard InChI is InChI=1S/C14H18FN5O/c1-3-16-13-12(15)11(4-5-17-13)14(21)18-6-7-20-9-10(2)8-19-20/h4-5,8-9H,3,6-7H2,1-2H3,(H,16,17)(H,18,21). The van der Waals surface area contributed by atoms with Crippen LogP contribution in [0.5, 0.6) is 0 Å². The van der Waals surface area contributed by atoms with Crippen molar-refractivity contribution in [1.82, 2.24) is 20.1 Å². The molecule has 0 atom stereocenters. The number of rotatable bonds is 6. The van der Waals surface area contributed by atoms with E-state index in [-0.39, 0.29) is 11.4 Å². The van der Waals surface area contributed by atoms with Crippen molar-refractivity contribution in [1.29, 1.82) is 0 Å². The summed E-state index contributed by atoms with van der Waals surface area (Å²) >= 11 is 0. The first kappa shape index (κ1) is 15.0. The molecule has 2 aromatic heterocycles. The second-order valence-corrected chi connectivity index (χ2v) is 4.59. The van der Waals surface area contributed by atoms with Crippen molar-refractivity contribution in [3.8, 4) is 0 Å². The molecule has 112 valence electrons. The number of aromatic nitrogens is 3. The molecule has 7 heteroatoms. The van der Waals surface area contributed by atoms with Gasteiger partial charge in [0.1, 0.15) is 0 Å². The van der Waals surface area contributed by atoms with Crippen LogP contribution in [0.3, 0.4) is 0 Å². The van der Waals surface area contributed by atoms with E-state index in [9.17, 15) is 9.18 Å². The van der Waals surface area contributed by atoms with E-state index in [0.717, 1.165) is 5.56 Å². The number of aryl methyl sites for hydroxylation is 1. The Morgan fingerprint density at radius 2 is 2.29 bits per heavy atom. The SMILES string of the molecule is CCNc1nccc(C(=O)NCCn2cc(C)cn2)c1F. The quantitative estimate of drug-likeness (QED) is 0.848. The molecule has 0 aliphatic carbocycles. The van der Waals surface area contributed by atoms with Crippen molar-refractivity contribution in [3.05, 3.63) is 41.6 Å². The number of nitrogens with zero attached hydrogens (tertiary/aromatic N) is 3. The van der Waals surface area contributed by atoms with Crippen LogP contribution in [0.4, 0.5) is 10.2 Å². The lowest BCUT2D eigenvalue weighted by molar-refractivity contribution is 0.0948. The number of nitrogens with one attached hydrogen (secondary N) is 2. The number of carbonyl (C=O) groups excluding carboxylic acids is 1. The summed E-state index contributed by atoms with van der Waals surface area (Å²) in [6, 6.07) is 1.36. The average molecular weight is 291 g/mol. The summed E-state index contributed by atoms with van der Waals surface area (Å²) in [4.78, 5) is 15.8. The number of pyridine rings is 1. The predicted octanol–water partition coefficient (Wildman–Crippen LogP) is 1.59. The molecule has 6 nitrogen and oxygen atoms in total. The molecule has 2 heterocycles. The molecule has 0 aromatic carbocycles. The van der Waals surface area contributed by atoms with Gasteiger partial charge in [-0.3, -0.25) is 9.48 Å². The third-order valence-corrected chi connectivity index (χ3v) is 2.87. The van der Waals surface area contributed by atoms with E-state index in [4.69, 9.17) is 0 Å². The van der Waals surface area contributed by atoms with Gasteiger partial charge in [-0.1, -0.05) is 0 Å². The van der Waals surface area contributed by atoms with Crippen LogP contribution in [0.1, 0.15) is 22.8 Å². The van der Waals surface area contributed by atoms with Gasteiger partial charge in [0.25, 0.3) is 5.91 Å². The van der Waals surface area contributed by atoms with Crippen LogP contribution < -0.4 is 10.6 Å². The highest BCUT2D eigenvalue weighted by Gasteiger charge is 2.15. The van der Waals surface area contributed by atoms with Gasteiger partial charge in [-0.15, -0.1) is 0 Å². The van der Waals surface area contributed by atoms with Gasteiger partial charge in [0, 0.05) is 25.5 Å². The fraction of sp³-hybridized carbons (Fsp3) is 0.357. The van der Waals surface area contributed by atoms with Gasteiger partial charge < -0.3 is 10.6 Å². The highest BCUT2D eigenvalue weighted by molar-refractivity contribution is 5.95. The van der Waals surface area contributed by atoms with Gasteiger partial charge in [-0.25, -0.2) is 9.37 Å². The maximum atomic E-state index is 14.1. The molecule has 21 heavy (non-hydrogen) atoms. The van der Waals surface area contributed by atoms with Gasteiger partial charge >= 0.3 is 0 Å². The van der Waals surface area contributed by atoms with Crippen LogP contribution in [0.2, 0.25) is 0 Å². The lowest BCUT2D eigenvalue weighted by Gasteiger charge is -2.09. The normalized spacial score (nSPS) is 10.4. The molecule has 2 N–H and O–H groups in total. The van der Waals surface area contributed by atoms with Crippen molar-refractivity contribution in [3.63, 3.8) is 0 Å². The van der Waals surface area contributed by atoms with Crippen LogP contribution in [-0.4, -0.2) is 33.8 Å². The van der Waals surface area contributed by atoms with Gasteiger partial charge in [0.05, 0.1) is 18.3 Å². The minimum atomic E-state index is -0.633. The van der Waals surface area contributed by atoms with Gasteiger partial charge in [-0.2, -0.15) is 5.10 Å². The summed E-state index contributed by atoms with van der Waals surface area (Å²) in [5.74, 6) is -1.00. The summed E-state index contributed by atoms with van der Waals surface area (Å²) in [7, 11) is 0. The molecule has 0 saturated carbocycles. The van der Waals surface area contributed by atoms with E-state index in [0.29, 0.717) is 19.6 Å². The minimum Gasteiger partial charge on any atom is -0.368 e. The number of amides is 1. The smallest absolute Gasteiger partial charge is 0.254 e. The molecular formula is C14H18FN5O. The fourth-order valence-electron chi connectivity index (χ4n) is 1.88. The van der Waals surface area contributed by atoms with Gasteiger partial charge in [-0.05, 0) is 25.5 Å². The Morgan fingerprint density at radius 1 is 1.48 bits per heavy atom. The zero-order valence-electron chi connectivity index (χ0n) is 12.1. The number of halogens is 1.